The third kappa shape index (κ3) is 4.55. The number of hydrogen-bond acceptors (Lipinski definition) is 5. The molecule has 0 spiro atoms. The number of carbonyl (C=O) groups excluding carboxylic acids is 1. The summed E-state index contributed by atoms with van der Waals surface area (Å²) in [5, 5.41) is 29.9. The van der Waals surface area contributed by atoms with Gasteiger partial charge in [-0.15, -0.1) is 0 Å². The average molecular weight is 468 g/mol. The first kappa shape index (κ1) is 20.8. The Labute approximate surface area is 170 Å². The molecule has 3 aromatic rings. The van der Waals surface area contributed by atoms with Crippen molar-refractivity contribution < 1.29 is 23.1 Å². The lowest BCUT2D eigenvalue weighted by atomic mass is 10.0. The van der Waals surface area contributed by atoms with Gasteiger partial charge in [-0.05, 0) is 43.3 Å². The third-order valence-electron chi connectivity index (χ3n) is 4.03. The van der Waals surface area contributed by atoms with Gasteiger partial charge in [-0.2, -0.15) is 33.4 Å². The SMILES string of the molecule is CC(O)(Cn1nc2ccc(Br)cc2n1)C(=O)Nc1ccc(C#N)c(C(F)(F)F)c1. The van der Waals surface area contributed by atoms with Gasteiger partial charge in [0, 0.05) is 10.2 Å². The highest BCUT2D eigenvalue weighted by Gasteiger charge is 2.35. The van der Waals surface area contributed by atoms with E-state index in [9.17, 15) is 23.1 Å². The maximum Gasteiger partial charge on any atom is 0.417 e. The van der Waals surface area contributed by atoms with Crippen LogP contribution in [0.15, 0.2) is 40.9 Å². The Bertz CT molecular complexity index is 1130. The second-order valence-corrected chi connectivity index (χ2v) is 7.38. The van der Waals surface area contributed by atoms with Crippen LogP contribution in [0.25, 0.3) is 11.0 Å². The molecule has 0 aliphatic carbocycles. The lowest BCUT2D eigenvalue weighted by molar-refractivity contribution is -0.138. The summed E-state index contributed by atoms with van der Waals surface area (Å²) < 4.78 is 40.0. The highest BCUT2D eigenvalue weighted by atomic mass is 79.9. The number of halogens is 4. The average Bonchev–Trinajstić information content (AvgIpc) is 3.01. The molecule has 1 aromatic heterocycles. The number of rotatable bonds is 4. The minimum atomic E-state index is -4.76. The standard InChI is InChI=1S/C18H13BrF3N5O2/c1-17(29,9-27-25-14-5-3-11(19)6-15(14)26-27)16(28)24-12-4-2-10(8-23)13(7-12)18(20,21)22/h2-7,29H,9H2,1H3,(H,24,28). The summed E-state index contributed by atoms with van der Waals surface area (Å²) in [5.41, 5.74) is -2.88. The normalized spacial score (nSPS) is 13.7. The van der Waals surface area contributed by atoms with Crippen LogP contribution in [-0.4, -0.2) is 31.6 Å². The van der Waals surface area contributed by atoms with Crippen molar-refractivity contribution >= 4 is 38.6 Å². The third-order valence-corrected chi connectivity index (χ3v) is 4.52. The number of fused-ring (bicyclic) bond motifs is 1. The van der Waals surface area contributed by atoms with Crippen LogP contribution in [0.2, 0.25) is 0 Å². The molecule has 1 atom stereocenters. The molecule has 0 bridgehead atoms. The van der Waals surface area contributed by atoms with Crippen LogP contribution in [0.3, 0.4) is 0 Å². The van der Waals surface area contributed by atoms with E-state index in [1.165, 1.54) is 13.0 Å². The molecule has 29 heavy (non-hydrogen) atoms. The van der Waals surface area contributed by atoms with E-state index < -0.39 is 28.8 Å². The predicted octanol–water partition coefficient (Wildman–Crippen LogP) is 3.47. The van der Waals surface area contributed by atoms with Crippen molar-refractivity contribution in [3.05, 3.63) is 52.0 Å². The van der Waals surface area contributed by atoms with Crippen LogP contribution in [0.5, 0.6) is 0 Å². The Kier molecular flexibility index (Phi) is 5.34. The fourth-order valence-electron chi connectivity index (χ4n) is 2.57. The molecule has 0 aliphatic heterocycles. The van der Waals surface area contributed by atoms with Crippen molar-refractivity contribution in [1.29, 1.82) is 5.26 Å². The molecule has 0 fully saturated rings. The molecule has 0 aliphatic rings. The number of alkyl halides is 3. The molecule has 11 heteroatoms. The predicted molar refractivity (Wildman–Crippen MR) is 101 cm³/mol. The van der Waals surface area contributed by atoms with E-state index in [2.05, 4.69) is 31.4 Å². The minimum absolute atomic E-state index is 0.205. The Morgan fingerprint density at radius 1 is 1.24 bits per heavy atom. The summed E-state index contributed by atoms with van der Waals surface area (Å²) in [7, 11) is 0. The van der Waals surface area contributed by atoms with E-state index in [-0.39, 0.29) is 12.2 Å². The van der Waals surface area contributed by atoms with Crippen molar-refractivity contribution in [2.24, 2.45) is 0 Å². The molecule has 150 valence electrons. The van der Waals surface area contributed by atoms with Gasteiger partial charge in [-0.25, -0.2) is 0 Å². The van der Waals surface area contributed by atoms with E-state index in [1.807, 2.05) is 0 Å². The van der Waals surface area contributed by atoms with Gasteiger partial charge in [0.1, 0.15) is 11.0 Å². The molecular formula is C18H13BrF3N5O2. The number of aliphatic hydroxyl groups is 1. The van der Waals surface area contributed by atoms with Gasteiger partial charge in [0.15, 0.2) is 5.60 Å². The van der Waals surface area contributed by atoms with Gasteiger partial charge in [-0.3, -0.25) is 4.79 Å². The van der Waals surface area contributed by atoms with Crippen molar-refractivity contribution in [2.45, 2.75) is 25.2 Å². The van der Waals surface area contributed by atoms with Gasteiger partial charge in [0.25, 0.3) is 5.91 Å². The fraction of sp³-hybridized carbons (Fsp3) is 0.222. The van der Waals surface area contributed by atoms with Crippen LogP contribution in [0.4, 0.5) is 18.9 Å². The van der Waals surface area contributed by atoms with Crippen molar-refractivity contribution in [2.75, 3.05) is 5.32 Å². The van der Waals surface area contributed by atoms with Crippen LogP contribution in [0.1, 0.15) is 18.1 Å². The van der Waals surface area contributed by atoms with Gasteiger partial charge >= 0.3 is 6.18 Å². The van der Waals surface area contributed by atoms with Gasteiger partial charge in [0.2, 0.25) is 0 Å². The molecule has 0 radical (unpaired) electrons. The van der Waals surface area contributed by atoms with E-state index in [1.54, 1.807) is 18.2 Å². The Morgan fingerprint density at radius 2 is 1.93 bits per heavy atom. The number of anilines is 1. The molecule has 0 saturated heterocycles. The molecular weight excluding hydrogens is 455 g/mol. The van der Waals surface area contributed by atoms with Crippen LogP contribution < -0.4 is 5.32 Å². The zero-order chi connectivity index (χ0) is 21.4. The Balaban J connectivity index is 1.81. The molecule has 0 saturated carbocycles. The summed E-state index contributed by atoms with van der Waals surface area (Å²) in [6.45, 7) is 0.869. The summed E-state index contributed by atoms with van der Waals surface area (Å²) >= 11 is 3.30. The molecule has 1 amide bonds. The monoisotopic (exact) mass is 467 g/mol. The number of nitrogens with one attached hydrogen (secondary N) is 1. The first-order valence-electron chi connectivity index (χ1n) is 8.15. The Morgan fingerprint density at radius 3 is 2.59 bits per heavy atom. The number of nitrogens with zero attached hydrogens (tertiary/aromatic N) is 4. The maximum atomic E-state index is 13.1. The smallest absolute Gasteiger partial charge is 0.378 e. The van der Waals surface area contributed by atoms with Crippen LogP contribution in [0, 0.1) is 11.3 Å². The van der Waals surface area contributed by atoms with Crippen molar-refractivity contribution in [3.8, 4) is 6.07 Å². The first-order valence-corrected chi connectivity index (χ1v) is 8.94. The van der Waals surface area contributed by atoms with Crippen LogP contribution >= 0.6 is 15.9 Å². The van der Waals surface area contributed by atoms with Crippen molar-refractivity contribution in [3.63, 3.8) is 0 Å². The number of amides is 1. The molecule has 7 nitrogen and oxygen atoms in total. The maximum absolute atomic E-state index is 13.1. The van der Waals surface area contributed by atoms with Gasteiger partial charge in [-0.1, -0.05) is 15.9 Å². The topological polar surface area (TPSA) is 104 Å². The fourth-order valence-corrected chi connectivity index (χ4v) is 2.92. The summed E-state index contributed by atoms with van der Waals surface area (Å²) in [4.78, 5) is 13.6. The number of benzene rings is 2. The molecule has 2 aromatic carbocycles. The molecule has 3 rings (SSSR count). The second kappa shape index (κ2) is 7.46. The first-order chi connectivity index (χ1) is 13.5. The van der Waals surface area contributed by atoms with Crippen LogP contribution in [-0.2, 0) is 17.5 Å². The quantitative estimate of drug-likeness (QED) is 0.611. The summed E-state index contributed by atoms with van der Waals surface area (Å²) in [6, 6.07) is 9.38. The zero-order valence-corrected chi connectivity index (χ0v) is 16.4. The summed E-state index contributed by atoms with van der Waals surface area (Å²) in [6.07, 6.45) is -4.76. The Hall–Kier alpha value is -2.97. The van der Waals surface area contributed by atoms with E-state index in [4.69, 9.17) is 5.26 Å². The van der Waals surface area contributed by atoms with E-state index in [0.29, 0.717) is 17.1 Å². The number of hydrogen-bond donors (Lipinski definition) is 2. The van der Waals surface area contributed by atoms with E-state index in [0.717, 1.165) is 21.4 Å². The number of nitriles is 1. The second-order valence-electron chi connectivity index (χ2n) is 6.46. The highest BCUT2D eigenvalue weighted by molar-refractivity contribution is 9.10. The largest absolute Gasteiger partial charge is 0.417 e. The van der Waals surface area contributed by atoms with Gasteiger partial charge in [0.05, 0.1) is 23.7 Å². The number of carbonyl (C=O) groups is 1. The lowest BCUT2D eigenvalue weighted by Crippen LogP contribution is -2.44. The molecule has 2 N–H and O–H groups in total. The number of aromatic nitrogens is 3. The molecule has 1 heterocycles. The van der Waals surface area contributed by atoms with Crippen molar-refractivity contribution in [1.82, 2.24) is 15.0 Å². The minimum Gasteiger partial charge on any atom is -0.378 e. The highest BCUT2D eigenvalue weighted by Crippen LogP contribution is 2.33. The zero-order valence-electron chi connectivity index (χ0n) is 14.8. The molecule has 1 unspecified atom stereocenters. The van der Waals surface area contributed by atoms with Gasteiger partial charge < -0.3 is 10.4 Å². The lowest BCUT2D eigenvalue weighted by Gasteiger charge is -2.22. The summed E-state index contributed by atoms with van der Waals surface area (Å²) in [5.74, 6) is -0.946. The van der Waals surface area contributed by atoms with E-state index >= 15 is 0 Å².